The Labute approximate surface area is 144 Å². The van der Waals surface area contributed by atoms with Gasteiger partial charge < -0.3 is 5.73 Å². The molecule has 5 nitrogen and oxygen atoms in total. The van der Waals surface area contributed by atoms with Gasteiger partial charge in [0, 0.05) is 9.77 Å². The fourth-order valence-electron chi connectivity index (χ4n) is 1.69. The lowest BCUT2D eigenvalue weighted by Crippen LogP contribution is -2.23. The molecule has 2 N–H and O–H groups in total. The lowest BCUT2D eigenvalue weighted by molar-refractivity contribution is -0.117. The number of alkyl halides is 3. The first-order valence-corrected chi connectivity index (χ1v) is 9.46. The highest BCUT2D eigenvalue weighted by atomic mass is 32.2. The van der Waals surface area contributed by atoms with Crippen molar-refractivity contribution in [3.8, 4) is 0 Å². The van der Waals surface area contributed by atoms with Crippen molar-refractivity contribution >= 4 is 38.8 Å². The Bertz CT molecular complexity index is 859. The van der Waals surface area contributed by atoms with Gasteiger partial charge in [-0.2, -0.15) is 13.2 Å². The summed E-state index contributed by atoms with van der Waals surface area (Å²) in [6, 6.07) is 4.34. The zero-order valence-electron chi connectivity index (χ0n) is 12.1. The maximum atomic E-state index is 12.5. The summed E-state index contributed by atoms with van der Waals surface area (Å²) in [5.41, 5.74) is 0.447. The minimum Gasteiger partial charge on any atom is -0.369 e. The third-order valence-corrected chi connectivity index (χ3v) is 6.58. The summed E-state index contributed by atoms with van der Waals surface area (Å²) in [7, 11) is -5.36. The number of nitrogens with zero attached hydrogens (tertiary/aromatic N) is 1. The van der Waals surface area contributed by atoms with Gasteiger partial charge in [0.05, 0.1) is 17.0 Å². The van der Waals surface area contributed by atoms with Crippen LogP contribution >= 0.6 is 23.1 Å². The molecule has 2 aromatic rings. The average Bonchev–Trinajstić information content (AvgIpc) is 2.77. The number of carbonyl (C=O) groups excluding carboxylic acids is 1. The van der Waals surface area contributed by atoms with Gasteiger partial charge in [-0.05, 0) is 31.2 Å². The van der Waals surface area contributed by atoms with Gasteiger partial charge in [0.25, 0.3) is 9.84 Å². The standard InChI is InChI=1S/C13H11F3N2O3S3/c1-7-10(6-11(17)19)23-12(18-7)22-8-2-4-9(5-3-8)24(20,21)13(14,15)16/h2-5H,6H2,1H3,(H2,17,19). The van der Waals surface area contributed by atoms with Crippen molar-refractivity contribution in [1.82, 2.24) is 4.98 Å². The fraction of sp³-hybridized carbons (Fsp3) is 0.231. The highest BCUT2D eigenvalue weighted by Gasteiger charge is 2.46. The zero-order valence-corrected chi connectivity index (χ0v) is 14.6. The first kappa shape index (κ1) is 18.7. The van der Waals surface area contributed by atoms with Gasteiger partial charge in [-0.25, -0.2) is 13.4 Å². The van der Waals surface area contributed by atoms with E-state index in [1.807, 2.05) is 0 Å². The van der Waals surface area contributed by atoms with Crippen LogP contribution < -0.4 is 5.73 Å². The molecule has 0 fully saturated rings. The molecule has 0 atom stereocenters. The van der Waals surface area contributed by atoms with Crippen molar-refractivity contribution < 1.29 is 26.4 Å². The Morgan fingerprint density at radius 2 is 1.88 bits per heavy atom. The molecule has 0 unspecified atom stereocenters. The number of aryl methyl sites for hydroxylation is 1. The van der Waals surface area contributed by atoms with E-state index in [0.717, 1.165) is 23.9 Å². The fourth-order valence-corrected chi connectivity index (χ4v) is 4.66. The quantitative estimate of drug-likeness (QED) is 0.839. The highest BCUT2D eigenvalue weighted by Crippen LogP contribution is 2.35. The molecule has 0 saturated heterocycles. The molecule has 1 heterocycles. The predicted octanol–water partition coefficient (Wildman–Crippen LogP) is 2.92. The van der Waals surface area contributed by atoms with Crippen molar-refractivity contribution in [3.63, 3.8) is 0 Å². The van der Waals surface area contributed by atoms with Crippen molar-refractivity contribution in [3.05, 3.63) is 34.8 Å². The van der Waals surface area contributed by atoms with Crippen LogP contribution in [0.15, 0.2) is 38.4 Å². The summed E-state index contributed by atoms with van der Waals surface area (Å²) in [5.74, 6) is -0.486. The van der Waals surface area contributed by atoms with E-state index in [2.05, 4.69) is 4.98 Å². The van der Waals surface area contributed by atoms with Crippen LogP contribution in [0.3, 0.4) is 0 Å². The van der Waals surface area contributed by atoms with Crippen LogP contribution in [0.5, 0.6) is 0 Å². The molecule has 0 bridgehead atoms. The first-order valence-electron chi connectivity index (χ1n) is 6.34. The molecule has 0 aliphatic carbocycles. The molecule has 0 saturated carbocycles. The second kappa shape index (κ2) is 6.73. The van der Waals surface area contributed by atoms with E-state index in [9.17, 15) is 26.4 Å². The van der Waals surface area contributed by atoms with Crippen molar-refractivity contribution in [2.45, 2.75) is 33.0 Å². The molecule has 0 spiro atoms. The number of aromatic nitrogens is 1. The number of hydrogen-bond acceptors (Lipinski definition) is 6. The molecule has 1 amide bonds. The van der Waals surface area contributed by atoms with Gasteiger partial charge in [-0.1, -0.05) is 11.8 Å². The van der Waals surface area contributed by atoms with Crippen LogP contribution in [-0.4, -0.2) is 24.8 Å². The second-order valence-electron chi connectivity index (χ2n) is 4.65. The first-order chi connectivity index (χ1) is 11.0. The summed E-state index contributed by atoms with van der Waals surface area (Å²) >= 11 is 2.41. The number of thiazole rings is 1. The van der Waals surface area contributed by atoms with E-state index < -0.39 is 26.1 Å². The molecular weight excluding hydrogens is 385 g/mol. The van der Waals surface area contributed by atoms with Gasteiger partial charge in [-0.3, -0.25) is 4.79 Å². The summed E-state index contributed by atoms with van der Waals surface area (Å²) in [5, 5.41) is 0. The molecule has 11 heteroatoms. The van der Waals surface area contributed by atoms with E-state index in [-0.39, 0.29) is 6.42 Å². The molecule has 2 rings (SSSR count). The molecule has 130 valence electrons. The summed E-state index contributed by atoms with van der Waals surface area (Å²) < 4.78 is 60.6. The smallest absolute Gasteiger partial charge is 0.369 e. The molecule has 1 aromatic carbocycles. The SMILES string of the molecule is Cc1nc(Sc2ccc(S(=O)(=O)C(F)(F)F)cc2)sc1CC(N)=O. The van der Waals surface area contributed by atoms with Crippen LogP contribution in [0.4, 0.5) is 13.2 Å². The maximum Gasteiger partial charge on any atom is 0.501 e. The van der Waals surface area contributed by atoms with E-state index in [1.165, 1.54) is 23.5 Å². The van der Waals surface area contributed by atoms with E-state index in [4.69, 9.17) is 5.73 Å². The number of carbonyl (C=O) groups is 1. The lowest BCUT2D eigenvalue weighted by Gasteiger charge is -2.08. The zero-order chi connectivity index (χ0) is 18.1. The third-order valence-electron chi connectivity index (χ3n) is 2.85. The topological polar surface area (TPSA) is 90.1 Å². The number of amides is 1. The van der Waals surface area contributed by atoms with Gasteiger partial charge in [0.1, 0.15) is 0 Å². The largest absolute Gasteiger partial charge is 0.501 e. The van der Waals surface area contributed by atoms with Crippen LogP contribution in [-0.2, 0) is 21.1 Å². The number of hydrogen-bond donors (Lipinski definition) is 1. The molecule has 0 radical (unpaired) electrons. The van der Waals surface area contributed by atoms with Crippen molar-refractivity contribution in [2.75, 3.05) is 0 Å². The molecule has 0 aliphatic heterocycles. The number of benzene rings is 1. The van der Waals surface area contributed by atoms with Gasteiger partial charge >= 0.3 is 5.51 Å². The minimum atomic E-state index is -5.36. The highest BCUT2D eigenvalue weighted by molar-refractivity contribution is 8.01. The number of nitrogens with two attached hydrogens (primary N) is 1. The molecule has 24 heavy (non-hydrogen) atoms. The number of rotatable bonds is 5. The third kappa shape index (κ3) is 4.08. The maximum absolute atomic E-state index is 12.5. The van der Waals surface area contributed by atoms with Crippen LogP contribution in [0, 0.1) is 6.92 Å². The Hall–Kier alpha value is -1.59. The molecular formula is C13H11F3N2O3S3. The Kier molecular flexibility index (Phi) is 5.25. The number of sulfone groups is 1. The van der Waals surface area contributed by atoms with E-state index in [0.29, 0.717) is 19.8 Å². The normalized spacial score (nSPS) is 12.3. The van der Waals surface area contributed by atoms with Crippen molar-refractivity contribution in [1.29, 1.82) is 0 Å². The van der Waals surface area contributed by atoms with Gasteiger partial charge in [0.2, 0.25) is 5.91 Å². The second-order valence-corrected chi connectivity index (χ2v) is 9.00. The number of primary amides is 1. The van der Waals surface area contributed by atoms with E-state index in [1.54, 1.807) is 6.92 Å². The number of halogens is 3. The molecule has 1 aromatic heterocycles. The summed E-state index contributed by atoms with van der Waals surface area (Å²) in [6.45, 7) is 1.72. The minimum absolute atomic E-state index is 0.0623. The summed E-state index contributed by atoms with van der Waals surface area (Å²) in [4.78, 5) is 15.6. The van der Waals surface area contributed by atoms with Crippen LogP contribution in [0.1, 0.15) is 10.6 Å². The van der Waals surface area contributed by atoms with Crippen LogP contribution in [0.25, 0.3) is 0 Å². The molecule has 0 aliphatic rings. The van der Waals surface area contributed by atoms with E-state index >= 15 is 0 Å². The summed E-state index contributed by atoms with van der Waals surface area (Å²) in [6.07, 6.45) is 0.0623. The predicted molar refractivity (Wildman–Crippen MR) is 83.6 cm³/mol. The average molecular weight is 396 g/mol. The Morgan fingerprint density at radius 1 is 1.29 bits per heavy atom. The van der Waals surface area contributed by atoms with Crippen LogP contribution in [0.2, 0.25) is 0 Å². The van der Waals surface area contributed by atoms with Gasteiger partial charge in [-0.15, -0.1) is 11.3 Å². The van der Waals surface area contributed by atoms with Gasteiger partial charge in [0.15, 0.2) is 4.34 Å². The van der Waals surface area contributed by atoms with Crippen molar-refractivity contribution in [2.24, 2.45) is 5.73 Å². The Morgan fingerprint density at radius 3 is 2.38 bits per heavy atom. The lowest BCUT2D eigenvalue weighted by atomic mass is 10.3. The monoisotopic (exact) mass is 396 g/mol. The Balaban J connectivity index is 2.20.